The summed E-state index contributed by atoms with van der Waals surface area (Å²) in [6.45, 7) is 8.60. The van der Waals surface area contributed by atoms with Gasteiger partial charge in [0.25, 0.3) is 0 Å². The molecule has 0 aliphatic carbocycles. The van der Waals surface area contributed by atoms with Crippen LogP contribution in [0.5, 0.6) is 0 Å². The van der Waals surface area contributed by atoms with E-state index in [9.17, 15) is 14.0 Å². The molecule has 0 radical (unpaired) electrons. The Morgan fingerprint density at radius 3 is 2.20 bits per heavy atom. The predicted octanol–water partition coefficient (Wildman–Crippen LogP) is 2.42. The predicted molar refractivity (Wildman–Crippen MR) is 94.9 cm³/mol. The molecule has 2 amide bonds. The second-order valence-corrected chi connectivity index (χ2v) is 6.59. The number of nitrogens with one attached hydrogen (secondary N) is 1. The SMILES string of the molecule is CC(C)C.O=C(CCC(=O)N1CCN(c2ccccc2F)CC1)NO. The molecule has 6 nitrogen and oxygen atoms in total. The van der Waals surface area contributed by atoms with Crippen molar-refractivity contribution in [2.45, 2.75) is 33.6 Å². The summed E-state index contributed by atoms with van der Waals surface area (Å²) in [5, 5.41) is 8.38. The quantitative estimate of drug-likeness (QED) is 0.644. The van der Waals surface area contributed by atoms with Gasteiger partial charge in [0.1, 0.15) is 5.82 Å². The highest BCUT2D eigenvalue weighted by Gasteiger charge is 2.22. The van der Waals surface area contributed by atoms with Crippen molar-refractivity contribution in [2.24, 2.45) is 5.92 Å². The lowest BCUT2D eigenvalue weighted by molar-refractivity contribution is -0.136. The number of anilines is 1. The standard InChI is InChI=1S/C14H18FN3O3.C4H10/c15-11-3-1-2-4-12(11)17-7-9-18(10-8-17)14(20)6-5-13(19)16-21;1-4(2)3/h1-4,21H,5-10H2,(H,16,19);4H,1-3H3. The maximum atomic E-state index is 13.7. The van der Waals surface area contributed by atoms with E-state index in [0.717, 1.165) is 5.92 Å². The molecule has 7 heteroatoms. The van der Waals surface area contributed by atoms with Crippen LogP contribution in [0, 0.1) is 11.7 Å². The number of hydrogen-bond acceptors (Lipinski definition) is 4. The number of carbonyl (C=O) groups is 2. The van der Waals surface area contributed by atoms with Crippen molar-refractivity contribution in [1.29, 1.82) is 0 Å². The molecule has 2 rings (SSSR count). The molecule has 140 valence electrons. The molecule has 1 aromatic carbocycles. The Hall–Kier alpha value is -2.15. The average Bonchev–Trinajstić information content (AvgIpc) is 2.59. The van der Waals surface area contributed by atoms with Crippen LogP contribution in [0.3, 0.4) is 0 Å². The summed E-state index contributed by atoms with van der Waals surface area (Å²) in [6.07, 6.45) is 0.0228. The summed E-state index contributed by atoms with van der Waals surface area (Å²) in [7, 11) is 0. The fourth-order valence-electron chi connectivity index (χ4n) is 2.34. The number of hydroxylamine groups is 1. The first-order chi connectivity index (χ1) is 11.8. The molecule has 0 saturated carbocycles. The van der Waals surface area contributed by atoms with Crippen LogP contribution in [0.25, 0.3) is 0 Å². The maximum absolute atomic E-state index is 13.7. The van der Waals surface area contributed by atoms with Gasteiger partial charge in [0.05, 0.1) is 5.69 Å². The fourth-order valence-corrected chi connectivity index (χ4v) is 2.34. The van der Waals surface area contributed by atoms with Gasteiger partial charge in [0.15, 0.2) is 0 Å². The molecule has 0 aromatic heterocycles. The Kier molecular flexibility index (Phi) is 8.91. The molecule has 1 saturated heterocycles. The third kappa shape index (κ3) is 7.51. The van der Waals surface area contributed by atoms with Gasteiger partial charge in [-0.25, -0.2) is 9.87 Å². The van der Waals surface area contributed by atoms with E-state index in [1.165, 1.54) is 11.5 Å². The van der Waals surface area contributed by atoms with E-state index in [0.29, 0.717) is 31.9 Å². The minimum Gasteiger partial charge on any atom is -0.366 e. The second kappa shape index (κ2) is 10.7. The van der Waals surface area contributed by atoms with Gasteiger partial charge in [0.2, 0.25) is 11.8 Å². The largest absolute Gasteiger partial charge is 0.366 e. The fraction of sp³-hybridized carbons (Fsp3) is 0.556. The number of para-hydroxylation sites is 1. The van der Waals surface area contributed by atoms with Crippen LogP contribution in [-0.4, -0.2) is 48.1 Å². The Labute approximate surface area is 148 Å². The lowest BCUT2D eigenvalue weighted by atomic mass is 10.2. The monoisotopic (exact) mass is 353 g/mol. The molecule has 0 unspecified atom stereocenters. The van der Waals surface area contributed by atoms with Crippen molar-refractivity contribution in [3.63, 3.8) is 0 Å². The summed E-state index contributed by atoms with van der Waals surface area (Å²) in [5.41, 5.74) is 2.04. The number of carbonyl (C=O) groups excluding carboxylic acids is 2. The Morgan fingerprint density at radius 2 is 1.68 bits per heavy atom. The molecular weight excluding hydrogens is 325 g/mol. The minimum atomic E-state index is -0.576. The lowest BCUT2D eigenvalue weighted by Gasteiger charge is -2.36. The Morgan fingerprint density at radius 1 is 1.12 bits per heavy atom. The minimum absolute atomic E-state index is 0.0388. The number of piperazine rings is 1. The van der Waals surface area contributed by atoms with E-state index in [4.69, 9.17) is 5.21 Å². The van der Waals surface area contributed by atoms with Gasteiger partial charge >= 0.3 is 0 Å². The van der Waals surface area contributed by atoms with E-state index in [1.54, 1.807) is 23.1 Å². The van der Waals surface area contributed by atoms with Gasteiger partial charge in [-0.1, -0.05) is 32.9 Å². The number of benzene rings is 1. The van der Waals surface area contributed by atoms with Crippen molar-refractivity contribution >= 4 is 17.5 Å². The third-order valence-electron chi connectivity index (χ3n) is 3.52. The van der Waals surface area contributed by atoms with Gasteiger partial charge in [-0.3, -0.25) is 14.8 Å². The third-order valence-corrected chi connectivity index (χ3v) is 3.52. The molecule has 1 aliphatic heterocycles. The van der Waals surface area contributed by atoms with Crippen LogP contribution < -0.4 is 10.4 Å². The number of halogens is 1. The molecule has 0 spiro atoms. The van der Waals surface area contributed by atoms with Gasteiger partial charge < -0.3 is 9.80 Å². The van der Waals surface area contributed by atoms with Gasteiger partial charge in [-0.2, -0.15) is 0 Å². The summed E-state index contributed by atoms with van der Waals surface area (Å²) < 4.78 is 13.7. The highest BCUT2D eigenvalue weighted by atomic mass is 19.1. The summed E-state index contributed by atoms with van der Waals surface area (Å²) >= 11 is 0. The zero-order valence-corrected chi connectivity index (χ0v) is 15.2. The first kappa shape index (κ1) is 20.9. The van der Waals surface area contributed by atoms with Crippen molar-refractivity contribution in [2.75, 3.05) is 31.1 Å². The molecule has 1 heterocycles. The van der Waals surface area contributed by atoms with Crippen molar-refractivity contribution < 1.29 is 19.2 Å². The van der Waals surface area contributed by atoms with Gasteiger partial charge in [-0.15, -0.1) is 0 Å². The Bertz CT molecular complexity index is 555. The molecule has 0 bridgehead atoms. The van der Waals surface area contributed by atoms with E-state index in [-0.39, 0.29) is 24.6 Å². The second-order valence-electron chi connectivity index (χ2n) is 6.59. The molecule has 0 atom stereocenters. The van der Waals surface area contributed by atoms with E-state index in [1.807, 2.05) is 4.90 Å². The molecular formula is C18H28FN3O3. The van der Waals surface area contributed by atoms with Crippen molar-refractivity contribution in [1.82, 2.24) is 10.4 Å². The normalized spacial score (nSPS) is 14.0. The van der Waals surface area contributed by atoms with Gasteiger partial charge in [0, 0.05) is 39.0 Å². The number of amides is 2. The zero-order chi connectivity index (χ0) is 18.8. The number of rotatable bonds is 4. The van der Waals surface area contributed by atoms with Crippen molar-refractivity contribution in [3.05, 3.63) is 30.1 Å². The lowest BCUT2D eigenvalue weighted by Crippen LogP contribution is -2.49. The van der Waals surface area contributed by atoms with Crippen LogP contribution in [0.4, 0.5) is 10.1 Å². The topological polar surface area (TPSA) is 72.9 Å². The van der Waals surface area contributed by atoms with Crippen LogP contribution in [0.2, 0.25) is 0 Å². The Balaban J connectivity index is 0.000000705. The molecule has 1 aromatic rings. The summed E-state index contributed by atoms with van der Waals surface area (Å²) in [5.74, 6) is -0.142. The molecule has 1 aliphatic rings. The smallest absolute Gasteiger partial charge is 0.243 e. The van der Waals surface area contributed by atoms with Crippen LogP contribution >= 0.6 is 0 Å². The van der Waals surface area contributed by atoms with Crippen LogP contribution in [0.1, 0.15) is 33.6 Å². The van der Waals surface area contributed by atoms with E-state index < -0.39 is 5.91 Å². The van der Waals surface area contributed by atoms with Crippen LogP contribution in [0.15, 0.2) is 24.3 Å². The maximum Gasteiger partial charge on any atom is 0.243 e. The summed E-state index contributed by atoms with van der Waals surface area (Å²) in [4.78, 5) is 26.3. The molecule has 25 heavy (non-hydrogen) atoms. The highest BCUT2D eigenvalue weighted by molar-refractivity contribution is 5.83. The first-order valence-electron chi connectivity index (χ1n) is 8.55. The zero-order valence-electron chi connectivity index (χ0n) is 15.2. The van der Waals surface area contributed by atoms with Crippen molar-refractivity contribution in [3.8, 4) is 0 Å². The van der Waals surface area contributed by atoms with E-state index in [2.05, 4.69) is 20.8 Å². The molecule has 1 fully saturated rings. The van der Waals surface area contributed by atoms with E-state index >= 15 is 0 Å². The number of hydrogen-bond donors (Lipinski definition) is 2. The average molecular weight is 353 g/mol. The number of nitrogens with zero attached hydrogens (tertiary/aromatic N) is 2. The van der Waals surface area contributed by atoms with Gasteiger partial charge in [-0.05, 0) is 18.1 Å². The van der Waals surface area contributed by atoms with Crippen LogP contribution in [-0.2, 0) is 9.59 Å². The molecule has 2 N–H and O–H groups in total. The summed E-state index contributed by atoms with van der Waals surface area (Å²) in [6, 6.07) is 6.56. The highest BCUT2D eigenvalue weighted by Crippen LogP contribution is 2.20. The first-order valence-corrected chi connectivity index (χ1v) is 8.55.